The van der Waals surface area contributed by atoms with Gasteiger partial charge >= 0.3 is 5.97 Å². The molecule has 0 heterocycles. The number of carbonyl (C=O) groups excluding carboxylic acids is 1. The molecule has 1 amide bonds. The summed E-state index contributed by atoms with van der Waals surface area (Å²) in [6, 6.07) is -0.732. The highest BCUT2D eigenvalue weighted by Gasteiger charge is 2.24. The minimum atomic E-state index is -0.922. The Balaban J connectivity index is 4.19. The standard InChI is InChI=1S/C19H35NO3/c1-4-6-8-10-11-12-14-16-20(17(3)19(22)23)18(21)15-13-9-7-5-2/h5,7,17H,4,6,8-16H2,1-3H3,(H,22,23)/b7-5+/t17-/m0/s1. The SMILES string of the molecule is C/C=C/CCCC(=O)N(CCCCCCCCC)[C@@H](C)C(=O)O. The van der Waals surface area contributed by atoms with E-state index in [0.717, 1.165) is 25.7 Å². The van der Waals surface area contributed by atoms with Crippen molar-refractivity contribution >= 4 is 11.9 Å². The summed E-state index contributed by atoms with van der Waals surface area (Å²) in [5.74, 6) is -0.954. The number of carboxylic acid groups (broad SMARTS) is 1. The van der Waals surface area contributed by atoms with E-state index in [-0.39, 0.29) is 5.91 Å². The molecule has 0 aliphatic heterocycles. The molecule has 0 aliphatic carbocycles. The van der Waals surface area contributed by atoms with E-state index in [1.807, 2.05) is 19.1 Å². The van der Waals surface area contributed by atoms with Crippen LogP contribution in [0.4, 0.5) is 0 Å². The summed E-state index contributed by atoms with van der Waals surface area (Å²) < 4.78 is 0. The van der Waals surface area contributed by atoms with Gasteiger partial charge in [-0.2, -0.15) is 0 Å². The Morgan fingerprint density at radius 2 is 1.65 bits per heavy atom. The molecule has 0 aliphatic rings. The highest BCUT2D eigenvalue weighted by molar-refractivity contribution is 5.83. The fraction of sp³-hybridized carbons (Fsp3) is 0.789. The van der Waals surface area contributed by atoms with Crippen molar-refractivity contribution in [3.05, 3.63) is 12.2 Å². The van der Waals surface area contributed by atoms with Crippen molar-refractivity contribution in [2.24, 2.45) is 0 Å². The minimum absolute atomic E-state index is 0.0320. The summed E-state index contributed by atoms with van der Waals surface area (Å²) in [5.41, 5.74) is 0. The largest absolute Gasteiger partial charge is 0.480 e. The molecule has 0 aromatic rings. The molecule has 1 atom stereocenters. The number of carbonyl (C=O) groups is 2. The van der Waals surface area contributed by atoms with Gasteiger partial charge in [0, 0.05) is 13.0 Å². The average molecular weight is 325 g/mol. The van der Waals surface area contributed by atoms with Gasteiger partial charge in [-0.05, 0) is 33.1 Å². The van der Waals surface area contributed by atoms with E-state index >= 15 is 0 Å². The number of allylic oxidation sites excluding steroid dienone is 2. The molecule has 134 valence electrons. The monoisotopic (exact) mass is 325 g/mol. The van der Waals surface area contributed by atoms with Gasteiger partial charge in [0.2, 0.25) is 5.91 Å². The van der Waals surface area contributed by atoms with Gasteiger partial charge < -0.3 is 10.0 Å². The maximum atomic E-state index is 12.3. The van der Waals surface area contributed by atoms with Crippen molar-refractivity contribution < 1.29 is 14.7 Å². The zero-order chi connectivity index (χ0) is 17.5. The first-order valence-electron chi connectivity index (χ1n) is 9.18. The van der Waals surface area contributed by atoms with E-state index in [0.29, 0.717) is 13.0 Å². The molecule has 0 bridgehead atoms. The molecule has 0 unspecified atom stereocenters. The van der Waals surface area contributed by atoms with Crippen molar-refractivity contribution in [3.8, 4) is 0 Å². The number of unbranched alkanes of at least 4 members (excludes halogenated alkanes) is 7. The van der Waals surface area contributed by atoms with Crippen molar-refractivity contribution in [2.45, 2.75) is 91.0 Å². The summed E-state index contributed by atoms with van der Waals surface area (Å²) in [7, 11) is 0. The van der Waals surface area contributed by atoms with E-state index in [9.17, 15) is 14.7 Å². The molecular formula is C19H35NO3. The van der Waals surface area contributed by atoms with E-state index < -0.39 is 12.0 Å². The summed E-state index contributed by atoms with van der Waals surface area (Å²) in [6.07, 6.45) is 14.3. The van der Waals surface area contributed by atoms with Crippen LogP contribution in [-0.2, 0) is 9.59 Å². The number of hydrogen-bond acceptors (Lipinski definition) is 2. The van der Waals surface area contributed by atoms with Crippen LogP contribution in [-0.4, -0.2) is 34.5 Å². The number of carboxylic acids is 1. The molecule has 0 rings (SSSR count). The van der Waals surface area contributed by atoms with Crippen LogP contribution in [0.5, 0.6) is 0 Å². The number of nitrogens with zero attached hydrogens (tertiary/aromatic N) is 1. The molecule has 0 aromatic heterocycles. The van der Waals surface area contributed by atoms with Crippen LogP contribution in [0.1, 0.15) is 85.0 Å². The topological polar surface area (TPSA) is 57.6 Å². The third kappa shape index (κ3) is 10.9. The number of aliphatic carboxylic acids is 1. The molecule has 4 nitrogen and oxygen atoms in total. The average Bonchev–Trinajstić information content (AvgIpc) is 2.53. The predicted octanol–water partition coefficient (Wildman–Crippen LogP) is 4.79. The van der Waals surface area contributed by atoms with Crippen molar-refractivity contribution in [3.63, 3.8) is 0 Å². The Labute approximate surface area is 141 Å². The second kappa shape index (κ2) is 14.3. The van der Waals surface area contributed by atoms with Gasteiger partial charge in [0.05, 0.1) is 0 Å². The van der Waals surface area contributed by atoms with Crippen LogP contribution in [0, 0.1) is 0 Å². The molecule has 0 radical (unpaired) electrons. The zero-order valence-corrected chi connectivity index (χ0v) is 15.2. The molecule has 0 saturated carbocycles. The normalized spacial score (nSPS) is 12.5. The zero-order valence-electron chi connectivity index (χ0n) is 15.2. The summed E-state index contributed by atoms with van der Waals surface area (Å²) in [6.45, 7) is 6.32. The highest BCUT2D eigenvalue weighted by Crippen LogP contribution is 2.11. The van der Waals surface area contributed by atoms with Crippen molar-refractivity contribution in [1.82, 2.24) is 4.90 Å². The first-order chi connectivity index (χ1) is 11.0. The Kier molecular flexibility index (Phi) is 13.5. The van der Waals surface area contributed by atoms with Gasteiger partial charge in [0.1, 0.15) is 6.04 Å². The fourth-order valence-corrected chi connectivity index (χ4v) is 2.59. The lowest BCUT2D eigenvalue weighted by Gasteiger charge is -2.26. The lowest BCUT2D eigenvalue weighted by atomic mass is 10.1. The molecular weight excluding hydrogens is 290 g/mol. The molecule has 4 heteroatoms. The first-order valence-corrected chi connectivity index (χ1v) is 9.18. The van der Waals surface area contributed by atoms with Gasteiger partial charge in [0.25, 0.3) is 0 Å². The van der Waals surface area contributed by atoms with Crippen molar-refractivity contribution in [1.29, 1.82) is 0 Å². The maximum absolute atomic E-state index is 12.3. The highest BCUT2D eigenvalue weighted by atomic mass is 16.4. The molecule has 0 aromatic carbocycles. The van der Waals surface area contributed by atoms with Crippen LogP contribution in [0.25, 0.3) is 0 Å². The smallest absolute Gasteiger partial charge is 0.326 e. The van der Waals surface area contributed by atoms with Gasteiger partial charge in [-0.25, -0.2) is 4.79 Å². The van der Waals surface area contributed by atoms with E-state index in [4.69, 9.17) is 0 Å². The second-order valence-corrected chi connectivity index (χ2v) is 6.18. The summed E-state index contributed by atoms with van der Waals surface area (Å²) in [4.78, 5) is 25.1. The van der Waals surface area contributed by atoms with E-state index in [2.05, 4.69) is 6.92 Å². The Morgan fingerprint density at radius 3 is 2.22 bits per heavy atom. The van der Waals surface area contributed by atoms with E-state index in [1.54, 1.807) is 11.8 Å². The maximum Gasteiger partial charge on any atom is 0.326 e. The number of rotatable bonds is 14. The van der Waals surface area contributed by atoms with Crippen LogP contribution in [0.15, 0.2) is 12.2 Å². The van der Waals surface area contributed by atoms with Crippen LogP contribution in [0.3, 0.4) is 0 Å². The minimum Gasteiger partial charge on any atom is -0.480 e. The summed E-state index contributed by atoms with van der Waals surface area (Å²) in [5, 5.41) is 9.21. The molecule has 0 fully saturated rings. The van der Waals surface area contributed by atoms with Gasteiger partial charge in [-0.15, -0.1) is 0 Å². The van der Waals surface area contributed by atoms with Gasteiger partial charge in [-0.1, -0.05) is 57.6 Å². The quantitative estimate of drug-likeness (QED) is 0.369. The molecule has 0 saturated heterocycles. The van der Waals surface area contributed by atoms with Crippen LogP contribution >= 0.6 is 0 Å². The fourth-order valence-electron chi connectivity index (χ4n) is 2.59. The lowest BCUT2D eigenvalue weighted by Crippen LogP contribution is -2.43. The second-order valence-electron chi connectivity index (χ2n) is 6.18. The Bertz CT molecular complexity index is 353. The van der Waals surface area contributed by atoms with Gasteiger partial charge in [-0.3, -0.25) is 4.79 Å². The summed E-state index contributed by atoms with van der Waals surface area (Å²) >= 11 is 0. The third-order valence-corrected chi connectivity index (χ3v) is 4.14. The van der Waals surface area contributed by atoms with E-state index in [1.165, 1.54) is 32.1 Å². The number of hydrogen-bond donors (Lipinski definition) is 1. The Morgan fingerprint density at radius 1 is 1.04 bits per heavy atom. The Hall–Kier alpha value is -1.32. The molecule has 0 spiro atoms. The first kappa shape index (κ1) is 21.7. The van der Waals surface area contributed by atoms with Crippen LogP contribution < -0.4 is 0 Å². The van der Waals surface area contributed by atoms with Gasteiger partial charge in [0.15, 0.2) is 0 Å². The molecule has 1 N–H and O–H groups in total. The van der Waals surface area contributed by atoms with Crippen molar-refractivity contribution in [2.75, 3.05) is 6.54 Å². The molecule has 23 heavy (non-hydrogen) atoms. The lowest BCUT2D eigenvalue weighted by molar-refractivity contribution is -0.149. The van der Waals surface area contributed by atoms with Crippen LogP contribution in [0.2, 0.25) is 0 Å². The third-order valence-electron chi connectivity index (χ3n) is 4.14. The number of amides is 1. The predicted molar refractivity (Wildman–Crippen MR) is 95.5 cm³/mol.